The number of likely N-dealkylation sites (tertiary alicyclic amines) is 1. The molecule has 3 rings (SSSR count). The number of carbonyl (C=O) groups excluding carboxylic acids is 1. The lowest BCUT2D eigenvalue weighted by molar-refractivity contribution is -0.384. The van der Waals surface area contributed by atoms with Crippen molar-refractivity contribution in [3.8, 4) is 0 Å². The number of nitrogens with two attached hydrogens (primary N) is 1. The second kappa shape index (κ2) is 7.91. The fourth-order valence-electron chi connectivity index (χ4n) is 3.73. The second-order valence-corrected chi connectivity index (χ2v) is 9.07. The monoisotopic (exact) mass is 396 g/mol. The topological polar surface area (TPSA) is 127 Å². The van der Waals surface area contributed by atoms with Crippen molar-refractivity contribution >= 4 is 21.6 Å². The highest BCUT2D eigenvalue weighted by Gasteiger charge is 2.36. The zero-order valence-corrected chi connectivity index (χ0v) is 15.8. The maximum absolute atomic E-state index is 12.9. The minimum atomic E-state index is -3.79. The van der Waals surface area contributed by atoms with Crippen LogP contribution in [0.5, 0.6) is 0 Å². The molecule has 0 bridgehead atoms. The summed E-state index contributed by atoms with van der Waals surface area (Å²) in [7, 11) is -3.79. The molecule has 0 saturated carbocycles. The average molecular weight is 396 g/mol. The van der Waals surface area contributed by atoms with Crippen molar-refractivity contribution in [3.05, 3.63) is 34.4 Å². The summed E-state index contributed by atoms with van der Waals surface area (Å²) in [6, 6.07) is 4.84. The van der Waals surface area contributed by atoms with Gasteiger partial charge in [0.25, 0.3) is 5.69 Å². The van der Waals surface area contributed by atoms with E-state index in [4.69, 9.17) is 5.73 Å². The van der Waals surface area contributed by atoms with Crippen LogP contribution in [0.2, 0.25) is 0 Å². The van der Waals surface area contributed by atoms with Crippen LogP contribution in [0.3, 0.4) is 0 Å². The molecular weight excluding hydrogens is 372 g/mol. The first-order valence-electron chi connectivity index (χ1n) is 9.06. The molecule has 2 N–H and O–H groups in total. The standard InChI is InChI=1S/C17H24N4O5S/c18-10-13-7-9-19(11-13)17(22)14-2-1-8-20(12-14)27(25,26)16-5-3-15(4-6-16)21(23)24/h3-6,13-14H,1-2,7-12,18H2. The Morgan fingerprint density at radius 3 is 2.48 bits per heavy atom. The molecule has 9 nitrogen and oxygen atoms in total. The van der Waals surface area contributed by atoms with Gasteiger partial charge in [0.1, 0.15) is 0 Å². The molecule has 2 atom stereocenters. The van der Waals surface area contributed by atoms with Crippen molar-refractivity contribution in [2.24, 2.45) is 17.6 Å². The van der Waals surface area contributed by atoms with Gasteiger partial charge in [-0.1, -0.05) is 0 Å². The summed E-state index contributed by atoms with van der Waals surface area (Å²) in [5.74, 6) is -0.0462. The molecule has 0 spiro atoms. The van der Waals surface area contributed by atoms with E-state index in [0.717, 1.165) is 6.42 Å². The highest BCUT2D eigenvalue weighted by atomic mass is 32.2. The van der Waals surface area contributed by atoms with E-state index < -0.39 is 14.9 Å². The van der Waals surface area contributed by atoms with Crippen LogP contribution in [0.4, 0.5) is 5.69 Å². The van der Waals surface area contributed by atoms with Crippen molar-refractivity contribution < 1.29 is 18.1 Å². The van der Waals surface area contributed by atoms with Crippen molar-refractivity contribution in [1.82, 2.24) is 9.21 Å². The van der Waals surface area contributed by atoms with Gasteiger partial charge < -0.3 is 10.6 Å². The van der Waals surface area contributed by atoms with Crippen LogP contribution in [0.25, 0.3) is 0 Å². The van der Waals surface area contributed by atoms with E-state index in [1.165, 1.54) is 28.6 Å². The van der Waals surface area contributed by atoms with Crippen LogP contribution in [0, 0.1) is 22.0 Å². The summed E-state index contributed by atoms with van der Waals surface area (Å²) in [5, 5.41) is 10.7. The molecule has 1 aromatic carbocycles. The molecule has 2 unspecified atom stereocenters. The Bertz CT molecular complexity index is 811. The molecule has 0 radical (unpaired) electrons. The summed E-state index contributed by atoms with van der Waals surface area (Å²) >= 11 is 0. The maximum Gasteiger partial charge on any atom is 0.269 e. The van der Waals surface area contributed by atoms with Crippen LogP contribution < -0.4 is 5.73 Å². The summed E-state index contributed by atoms with van der Waals surface area (Å²) in [5.41, 5.74) is 5.52. The molecule has 2 saturated heterocycles. The normalized spacial score (nSPS) is 24.1. The summed E-state index contributed by atoms with van der Waals surface area (Å²) < 4.78 is 27.1. The number of sulfonamides is 1. The molecule has 1 amide bonds. The molecule has 2 heterocycles. The van der Waals surface area contributed by atoms with Crippen molar-refractivity contribution in [2.75, 3.05) is 32.7 Å². The lowest BCUT2D eigenvalue weighted by atomic mass is 9.98. The molecular formula is C17H24N4O5S. The molecule has 2 aliphatic rings. The van der Waals surface area contributed by atoms with Gasteiger partial charge in [-0.2, -0.15) is 4.31 Å². The minimum Gasteiger partial charge on any atom is -0.342 e. The highest BCUT2D eigenvalue weighted by Crippen LogP contribution is 2.27. The third-order valence-electron chi connectivity index (χ3n) is 5.35. The van der Waals surface area contributed by atoms with E-state index >= 15 is 0 Å². The second-order valence-electron chi connectivity index (χ2n) is 7.13. The van der Waals surface area contributed by atoms with Crippen molar-refractivity contribution in [3.63, 3.8) is 0 Å². The predicted octanol–water partition coefficient (Wildman–Crippen LogP) is 0.803. The maximum atomic E-state index is 12.9. The van der Waals surface area contributed by atoms with Gasteiger partial charge in [0.2, 0.25) is 15.9 Å². The number of nitrogens with zero attached hydrogens (tertiary/aromatic N) is 3. The molecule has 1 aromatic rings. The fraction of sp³-hybridized carbons (Fsp3) is 0.588. The number of non-ortho nitro benzene ring substituents is 1. The lowest BCUT2D eigenvalue weighted by Gasteiger charge is -2.33. The predicted molar refractivity (Wildman–Crippen MR) is 98.3 cm³/mol. The van der Waals surface area contributed by atoms with Gasteiger partial charge in [0.05, 0.1) is 15.7 Å². The Labute approximate surface area is 158 Å². The molecule has 27 heavy (non-hydrogen) atoms. The van der Waals surface area contributed by atoms with Crippen LogP contribution in [-0.2, 0) is 14.8 Å². The zero-order valence-electron chi connectivity index (χ0n) is 15.0. The summed E-state index contributed by atoms with van der Waals surface area (Å²) in [4.78, 5) is 24.8. The Morgan fingerprint density at radius 1 is 1.19 bits per heavy atom. The van der Waals surface area contributed by atoms with Crippen LogP contribution in [0.1, 0.15) is 19.3 Å². The molecule has 0 aromatic heterocycles. The van der Waals surface area contributed by atoms with Gasteiger partial charge in [-0.25, -0.2) is 8.42 Å². The number of hydrogen-bond acceptors (Lipinski definition) is 6. The number of amides is 1. The van der Waals surface area contributed by atoms with E-state index in [9.17, 15) is 23.3 Å². The first-order chi connectivity index (χ1) is 12.8. The van der Waals surface area contributed by atoms with E-state index in [2.05, 4.69) is 0 Å². The third kappa shape index (κ3) is 4.12. The number of piperidine rings is 1. The Morgan fingerprint density at radius 2 is 1.89 bits per heavy atom. The number of nitro groups is 1. The number of benzene rings is 1. The van der Waals surface area contributed by atoms with Gasteiger partial charge in [-0.15, -0.1) is 0 Å². The molecule has 2 aliphatic heterocycles. The number of rotatable bonds is 5. The highest BCUT2D eigenvalue weighted by molar-refractivity contribution is 7.89. The number of hydrogen-bond donors (Lipinski definition) is 1. The van der Waals surface area contributed by atoms with Crippen LogP contribution >= 0.6 is 0 Å². The average Bonchev–Trinajstić information content (AvgIpc) is 3.17. The first-order valence-corrected chi connectivity index (χ1v) is 10.5. The van der Waals surface area contributed by atoms with Gasteiger partial charge >= 0.3 is 0 Å². The van der Waals surface area contributed by atoms with Crippen molar-refractivity contribution in [2.45, 2.75) is 24.2 Å². The largest absolute Gasteiger partial charge is 0.342 e. The Hall–Kier alpha value is -2.04. The Kier molecular flexibility index (Phi) is 5.78. The molecule has 0 aliphatic carbocycles. The summed E-state index contributed by atoms with van der Waals surface area (Å²) in [6.45, 7) is 2.35. The van der Waals surface area contributed by atoms with E-state index in [-0.39, 0.29) is 29.0 Å². The van der Waals surface area contributed by atoms with Gasteiger partial charge in [-0.05, 0) is 43.9 Å². The fourth-order valence-corrected chi connectivity index (χ4v) is 5.26. The number of nitro benzene ring substituents is 1. The SMILES string of the molecule is NCC1CCN(C(=O)C2CCCN(S(=O)(=O)c3ccc([N+](=O)[O-])cc3)C2)C1. The van der Waals surface area contributed by atoms with E-state index in [1.54, 1.807) is 4.90 Å². The zero-order chi connectivity index (χ0) is 19.6. The number of carbonyl (C=O) groups is 1. The Balaban J connectivity index is 1.71. The quantitative estimate of drug-likeness (QED) is 0.579. The molecule has 2 fully saturated rings. The summed E-state index contributed by atoms with van der Waals surface area (Å²) in [6.07, 6.45) is 2.16. The molecule has 10 heteroatoms. The first kappa shape index (κ1) is 19.7. The third-order valence-corrected chi connectivity index (χ3v) is 7.23. The van der Waals surface area contributed by atoms with Gasteiger partial charge in [-0.3, -0.25) is 14.9 Å². The smallest absolute Gasteiger partial charge is 0.269 e. The minimum absolute atomic E-state index is 0.00505. The van der Waals surface area contributed by atoms with Crippen molar-refractivity contribution in [1.29, 1.82) is 0 Å². The van der Waals surface area contributed by atoms with E-state index in [1.807, 2.05) is 0 Å². The van der Waals surface area contributed by atoms with Crippen LogP contribution in [-0.4, -0.2) is 61.2 Å². The lowest BCUT2D eigenvalue weighted by Crippen LogP contribution is -2.46. The van der Waals surface area contributed by atoms with E-state index in [0.29, 0.717) is 44.9 Å². The van der Waals surface area contributed by atoms with Crippen LogP contribution in [0.15, 0.2) is 29.2 Å². The van der Waals surface area contributed by atoms with Gasteiger partial charge in [0.15, 0.2) is 0 Å². The molecule has 148 valence electrons. The van der Waals surface area contributed by atoms with Gasteiger partial charge in [0, 0.05) is 38.3 Å².